The van der Waals surface area contributed by atoms with Gasteiger partial charge in [-0.2, -0.15) is 0 Å². The van der Waals surface area contributed by atoms with Gasteiger partial charge in [0.05, 0.1) is 106 Å². The standard InChI is InChI=1S/C97H150N12O28/c1-17-66(7)85-90(118)101-71(12)94(122)137-86(67(8)18-2)68(9)23-21-24-69(10)93(121)136-81(59-64(3)4)89(117)100-70(11)91(119)108(16)80(92(120)107(15)62-82(112)104-85)60-72-29-33-77(34-30-72)135-97(125)106(14)42-41-105(13)96(124)134-63-73-27-31-74(32-28-73)102-88(116)79(26-22-39-99-95(98)123)103-87(115)78(65(5)6)61-76(111)38-44-127-46-48-129-50-52-131-54-56-133-58-57-132-55-53-130-51-49-128-47-45-126-43-20-19-25-75(110)37-40-109-83(113)35-36-84(109)114/h18,24,27-36,64-66,68,70-71,78-81,85-86H,17,19-23,25-26,37-63H2,1-16H3,(H,100,117)(H,101,118)(H,102,116)(H,103,115)(H,104,112)(H3,98,99,123)/b67-18+,69-24+/t66?,68-,70-,71+,78-,79-,80+,81+,85-,86+/m0/s1. The number of benzene rings is 2. The number of nitrogens with one attached hydrogen (secondary N) is 6. The van der Waals surface area contributed by atoms with Crippen molar-refractivity contribution >= 4 is 101 Å². The van der Waals surface area contributed by atoms with Crippen LogP contribution in [0.1, 0.15) is 171 Å². The molecule has 2 aliphatic rings. The molecule has 1 unspecified atom stereocenters. The Balaban J connectivity index is 1.20. The molecule has 0 spiro atoms. The van der Waals surface area contributed by atoms with Gasteiger partial charge in [-0.05, 0) is 144 Å². The summed E-state index contributed by atoms with van der Waals surface area (Å²) in [5.74, 6) is -8.98. The normalized spacial score (nSPS) is 19.3. The van der Waals surface area contributed by atoms with Gasteiger partial charge in [0, 0.05) is 122 Å². The molecule has 766 valence electrons. The van der Waals surface area contributed by atoms with Crippen LogP contribution in [-0.2, 0) is 127 Å². The number of likely N-dealkylation sites (N-methyl/N-ethyl adjacent to an activating group) is 4. The number of allylic oxidation sites excluding steroid dienone is 2. The Bertz CT molecular complexity index is 4240. The van der Waals surface area contributed by atoms with E-state index in [1.54, 1.807) is 70.2 Å². The van der Waals surface area contributed by atoms with E-state index in [1.165, 1.54) is 76.1 Å². The molecule has 0 saturated carbocycles. The number of rotatable bonds is 56. The zero-order valence-electron chi connectivity index (χ0n) is 82.8. The Hall–Kier alpha value is -11.1. The van der Waals surface area contributed by atoms with Gasteiger partial charge in [0.15, 0.2) is 6.10 Å². The summed E-state index contributed by atoms with van der Waals surface area (Å²) in [4.78, 5) is 219. The van der Waals surface area contributed by atoms with Gasteiger partial charge in [0.1, 0.15) is 60.2 Å². The number of primary amides is 1. The van der Waals surface area contributed by atoms with Crippen molar-refractivity contribution in [1.82, 2.24) is 51.1 Å². The maximum absolute atomic E-state index is 14.8. The molecule has 10 atom stereocenters. The molecule has 0 aromatic heterocycles. The summed E-state index contributed by atoms with van der Waals surface area (Å²) in [6.07, 6.45) is 5.73. The molecule has 137 heavy (non-hydrogen) atoms. The van der Waals surface area contributed by atoms with Crippen LogP contribution in [0.4, 0.5) is 20.1 Å². The first-order valence-electron chi connectivity index (χ1n) is 47.2. The van der Waals surface area contributed by atoms with Gasteiger partial charge in [-0.15, -0.1) is 0 Å². The third-order valence-corrected chi connectivity index (χ3v) is 22.8. The van der Waals surface area contributed by atoms with Gasteiger partial charge in [-0.1, -0.05) is 91.3 Å². The highest BCUT2D eigenvalue weighted by atomic mass is 16.6. The fourth-order valence-corrected chi connectivity index (χ4v) is 13.9. The highest BCUT2D eigenvalue weighted by Crippen LogP contribution is 2.26. The van der Waals surface area contributed by atoms with Crippen molar-refractivity contribution in [2.45, 2.75) is 216 Å². The van der Waals surface area contributed by atoms with Crippen molar-refractivity contribution < 1.29 is 134 Å². The number of hydrogen-bond donors (Lipinski definition) is 7. The summed E-state index contributed by atoms with van der Waals surface area (Å²) in [5.41, 5.74) is 7.61. The minimum Gasteiger partial charge on any atom is -0.456 e. The molecule has 0 bridgehead atoms. The van der Waals surface area contributed by atoms with E-state index < -0.39 is 132 Å². The summed E-state index contributed by atoms with van der Waals surface area (Å²) < 4.78 is 67.5. The van der Waals surface area contributed by atoms with Crippen LogP contribution in [0.15, 0.2) is 84.0 Å². The molecule has 8 N–H and O–H groups in total. The number of ketones is 2. The third-order valence-electron chi connectivity index (χ3n) is 22.8. The Morgan fingerprint density at radius 2 is 1.16 bits per heavy atom. The lowest BCUT2D eigenvalue weighted by atomic mass is 9.88. The largest absolute Gasteiger partial charge is 0.456 e. The van der Waals surface area contributed by atoms with E-state index in [4.69, 9.17) is 62.6 Å². The predicted octanol–water partition coefficient (Wildman–Crippen LogP) is 6.65. The second kappa shape index (κ2) is 65.6. The SMILES string of the molecule is C/C=C(\C)[C@H]1OC(=O)[C@@H](C)NC(=O)[C@H](C(C)CC)NC(=O)CN(C)C(=O)[C@@H](Cc2ccc(OC(=O)N(C)CCN(C)C(=O)OCc3ccc(NC(=O)[C@H](CCCNC(N)=O)NC(=O)[C@@H](CC(=O)CCOCCOCCOCCOCCOCCOCCOCCOCCCCC(=O)CCN4C(=O)C=CC4=O)C(C)C)cc3)cc2)N(C)C(=O)[C@H](C)NC(=O)[C@@H](CC(C)C)OC(=O)/C(C)=C/CC[C@@H]1C. The van der Waals surface area contributed by atoms with Crippen LogP contribution < -0.4 is 42.4 Å². The molecule has 2 aromatic rings. The van der Waals surface area contributed by atoms with Crippen LogP contribution in [-0.4, -0.2) is 328 Å². The zero-order chi connectivity index (χ0) is 101. The quantitative estimate of drug-likeness (QED) is 0.0120. The lowest BCUT2D eigenvalue weighted by Crippen LogP contribution is -2.57. The second-order valence-electron chi connectivity index (χ2n) is 34.8. The molecule has 13 amide bonds. The second-order valence-corrected chi connectivity index (χ2v) is 34.8. The topological polar surface area (TPSA) is 498 Å². The number of carbonyl (C=O) groups is 16. The van der Waals surface area contributed by atoms with Crippen LogP contribution >= 0.6 is 0 Å². The number of urea groups is 1. The number of unbranched alkanes of at least 4 members (excludes halogenated alkanes) is 1. The molecule has 0 saturated heterocycles. The van der Waals surface area contributed by atoms with Crippen molar-refractivity contribution in [2.75, 3.05) is 172 Å². The number of ether oxygens (including phenoxy) is 12. The molecular weight excluding hydrogens is 1780 g/mol. The number of imide groups is 1. The van der Waals surface area contributed by atoms with Gasteiger partial charge in [-0.3, -0.25) is 57.6 Å². The van der Waals surface area contributed by atoms with E-state index >= 15 is 0 Å². The summed E-state index contributed by atoms with van der Waals surface area (Å²) in [5, 5.41) is 16.2. The highest BCUT2D eigenvalue weighted by Gasteiger charge is 2.38. The number of hydrogen-bond acceptors (Lipinski definition) is 28. The summed E-state index contributed by atoms with van der Waals surface area (Å²) in [6, 6.07) is 5.69. The van der Waals surface area contributed by atoms with Crippen molar-refractivity contribution in [3.05, 3.63) is 95.1 Å². The van der Waals surface area contributed by atoms with Crippen molar-refractivity contribution in [3.63, 3.8) is 0 Å². The van der Waals surface area contributed by atoms with Crippen LogP contribution in [0.5, 0.6) is 5.75 Å². The van der Waals surface area contributed by atoms with Gasteiger partial charge < -0.3 is 114 Å². The van der Waals surface area contributed by atoms with Crippen LogP contribution in [0.2, 0.25) is 0 Å². The first-order chi connectivity index (χ1) is 65.2. The van der Waals surface area contributed by atoms with Gasteiger partial charge in [0.25, 0.3) is 17.7 Å². The molecule has 40 heteroatoms. The zero-order valence-corrected chi connectivity index (χ0v) is 82.8. The number of cyclic esters (lactones) is 2. The fourth-order valence-electron chi connectivity index (χ4n) is 13.9. The van der Waals surface area contributed by atoms with Crippen LogP contribution in [0, 0.1) is 29.6 Å². The molecule has 0 radical (unpaired) electrons. The smallest absolute Gasteiger partial charge is 0.415 e. The van der Waals surface area contributed by atoms with Crippen LogP contribution in [0.25, 0.3) is 0 Å². The molecular formula is C97H150N12O28. The summed E-state index contributed by atoms with van der Waals surface area (Å²) in [7, 11) is 5.64. The van der Waals surface area contributed by atoms with Gasteiger partial charge in [-0.25, -0.2) is 24.0 Å². The van der Waals surface area contributed by atoms with Crippen LogP contribution in [0.3, 0.4) is 0 Å². The molecule has 2 aliphatic heterocycles. The van der Waals surface area contributed by atoms with E-state index in [0.29, 0.717) is 141 Å². The number of nitrogens with zero attached hydrogens (tertiary/aromatic N) is 5. The van der Waals surface area contributed by atoms with Crippen molar-refractivity contribution in [1.29, 1.82) is 0 Å². The molecule has 40 nitrogen and oxygen atoms in total. The fraction of sp³-hybridized carbons (Fsp3) is 0.649. The van der Waals surface area contributed by atoms with E-state index in [-0.39, 0.29) is 150 Å². The number of amides is 13. The number of nitrogens with two attached hydrogens (primary N) is 1. The molecule has 0 aliphatic carbocycles. The maximum atomic E-state index is 14.8. The first kappa shape index (κ1) is 118. The Morgan fingerprint density at radius 1 is 0.620 bits per heavy atom. The molecule has 0 fully saturated rings. The van der Waals surface area contributed by atoms with E-state index in [9.17, 15) is 76.7 Å². The maximum Gasteiger partial charge on any atom is 0.415 e. The molecule has 4 rings (SSSR count). The average Bonchev–Trinajstić information content (AvgIpc) is 1.48. The number of carbonyl (C=O) groups excluding carboxylic acids is 16. The van der Waals surface area contributed by atoms with E-state index in [2.05, 4.69) is 31.9 Å². The third kappa shape index (κ3) is 46.7. The first-order valence-corrected chi connectivity index (χ1v) is 47.2. The minimum atomic E-state index is -1.34. The van der Waals surface area contributed by atoms with E-state index in [1.807, 2.05) is 47.6 Å². The van der Waals surface area contributed by atoms with Gasteiger partial charge in [0.2, 0.25) is 35.4 Å². The summed E-state index contributed by atoms with van der Waals surface area (Å²) >= 11 is 0. The Morgan fingerprint density at radius 3 is 1.70 bits per heavy atom. The van der Waals surface area contributed by atoms with Crippen molar-refractivity contribution in [3.8, 4) is 5.75 Å². The monoisotopic (exact) mass is 1930 g/mol. The average molecular weight is 1930 g/mol. The number of anilines is 1. The Kier molecular flexibility index (Phi) is 56.6. The van der Waals surface area contributed by atoms with E-state index in [0.717, 1.165) is 20.3 Å². The summed E-state index contributed by atoms with van der Waals surface area (Å²) in [6.45, 7) is 26.0. The minimum absolute atomic E-state index is 0.000437. The number of Topliss-reactive ketones (excluding diaryl/α,β-unsaturated/α-hetero) is 2. The lowest BCUT2D eigenvalue weighted by Gasteiger charge is -2.33. The number of esters is 2. The highest BCUT2D eigenvalue weighted by molar-refractivity contribution is 6.13. The molecule has 2 heterocycles. The predicted molar refractivity (Wildman–Crippen MR) is 505 cm³/mol. The lowest BCUT2D eigenvalue weighted by molar-refractivity contribution is -0.154. The Labute approximate surface area is 805 Å². The molecule has 2 aromatic carbocycles. The van der Waals surface area contributed by atoms with Gasteiger partial charge >= 0.3 is 30.2 Å². The van der Waals surface area contributed by atoms with Crippen molar-refractivity contribution in [2.24, 2.45) is 35.3 Å².